The monoisotopic (exact) mass is 244 g/mol. The van der Waals surface area contributed by atoms with Crippen LogP contribution in [0, 0.1) is 5.92 Å². The second-order valence-electron chi connectivity index (χ2n) is 4.41. The summed E-state index contributed by atoms with van der Waals surface area (Å²) in [6, 6.07) is -0.304. The van der Waals surface area contributed by atoms with Crippen molar-refractivity contribution >= 4 is 12.0 Å². The Morgan fingerprint density at radius 3 is 2.41 bits per heavy atom. The summed E-state index contributed by atoms with van der Waals surface area (Å²) in [5.41, 5.74) is 0. The van der Waals surface area contributed by atoms with Crippen LogP contribution in [0.3, 0.4) is 0 Å². The van der Waals surface area contributed by atoms with Crippen molar-refractivity contribution < 1.29 is 19.8 Å². The van der Waals surface area contributed by atoms with Crippen LogP contribution in [0.5, 0.6) is 0 Å². The highest BCUT2D eigenvalue weighted by Crippen LogP contribution is 2.28. The number of carbonyl (C=O) groups is 2. The first-order valence-corrected chi connectivity index (χ1v) is 6.02. The van der Waals surface area contributed by atoms with Gasteiger partial charge in [-0.3, -0.25) is 0 Å². The molecule has 0 aromatic rings. The van der Waals surface area contributed by atoms with Gasteiger partial charge < -0.3 is 20.8 Å². The number of carboxylic acids is 1. The quantitative estimate of drug-likeness (QED) is 0.518. The minimum Gasteiger partial charge on any atom is -0.479 e. The van der Waals surface area contributed by atoms with E-state index in [1.165, 1.54) is 19.3 Å². The Labute approximate surface area is 100 Å². The molecule has 1 atom stereocenters. The van der Waals surface area contributed by atoms with Crippen molar-refractivity contribution in [3.63, 3.8) is 0 Å². The minimum atomic E-state index is -1.41. The third-order valence-corrected chi connectivity index (χ3v) is 3.05. The van der Waals surface area contributed by atoms with E-state index in [0.29, 0.717) is 6.54 Å². The zero-order valence-corrected chi connectivity index (χ0v) is 9.82. The minimum absolute atomic E-state index is 0.0192. The van der Waals surface area contributed by atoms with Crippen LogP contribution in [0.15, 0.2) is 0 Å². The number of hydrogen-bond donors (Lipinski definition) is 4. The first kappa shape index (κ1) is 13.8. The zero-order valence-electron chi connectivity index (χ0n) is 9.82. The molecule has 1 saturated carbocycles. The molecule has 1 aliphatic carbocycles. The van der Waals surface area contributed by atoms with Gasteiger partial charge in [0.1, 0.15) is 0 Å². The van der Waals surface area contributed by atoms with E-state index in [0.717, 1.165) is 12.3 Å². The lowest BCUT2D eigenvalue weighted by atomic mass is 9.83. The van der Waals surface area contributed by atoms with Crippen molar-refractivity contribution in [1.82, 2.24) is 10.6 Å². The molecule has 17 heavy (non-hydrogen) atoms. The molecule has 1 rings (SSSR count). The van der Waals surface area contributed by atoms with Gasteiger partial charge in [0.2, 0.25) is 0 Å². The highest BCUT2D eigenvalue weighted by Gasteiger charge is 2.17. The Kier molecular flexibility index (Phi) is 5.76. The summed E-state index contributed by atoms with van der Waals surface area (Å²) in [7, 11) is 0. The lowest BCUT2D eigenvalue weighted by Crippen LogP contribution is -2.38. The predicted octanol–water partition coefficient (Wildman–Crippen LogP) is 0.311. The average Bonchev–Trinajstić information content (AvgIpc) is 2.21. The smallest absolute Gasteiger partial charge is 0.332 e. The van der Waals surface area contributed by atoms with Crippen molar-refractivity contribution in [3.8, 4) is 0 Å². The van der Waals surface area contributed by atoms with E-state index >= 15 is 0 Å². The van der Waals surface area contributed by atoms with Crippen molar-refractivity contribution in [3.05, 3.63) is 0 Å². The number of amides is 2. The molecular formula is C11H20N2O4. The zero-order chi connectivity index (χ0) is 12.7. The second kappa shape index (κ2) is 7.11. The Morgan fingerprint density at radius 1 is 1.24 bits per heavy atom. The third kappa shape index (κ3) is 5.53. The molecule has 0 saturated heterocycles. The molecule has 0 aromatic carbocycles. The molecule has 0 aliphatic heterocycles. The summed E-state index contributed by atoms with van der Waals surface area (Å²) in [4.78, 5) is 21.5. The number of aliphatic carboxylic acids is 1. The van der Waals surface area contributed by atoms with E-state index in [9.17, 15) is 9.59 Å². The number of aliphatic hydroxyl groups is 1. The Hall–Kier alpha value is -1.30. The van der Waals surface area contributed by atoms with Crippen LogP contribution < -0.4 is 10.6 Å². The number of carbonyl (C=O) groups excluding carboxylic acids is 1. The van der Waals surface area contributed by atoms with Crippen molar-refractivity contribution in [2.75, 3.05) is 13.1 Å². The fourth-order valence-corrected chi connectivity index (χ4v) is 1.68. The lowest BCUT2D eigenvalue weighted by molar-refractivity contribution is -0.146. The number of carboxylic acid groups (broad SMARTS) is 1. The molecule has 2 amide bonds. The van der Waals surface area contributed by atoms with Crippen LogP contribution in [0.4, 0.5) is 4.79 Å². The van der Waals surface area contributed by atoms with E-state index in [1.807, 2.05) is 0 Å². The molecule has 4 N–H and O–H groups in total. The van der Waals surface area contributed by atoms with Crippen molar-refractivity contribution in [2.45, 2.75) is 38.2 Å². The van der Waals surface area contributed by atoms with Gasteiger partial charge in [0.25, 0.3) is 0 Å². The summed E-state index contributed by atoms with van der Waals surface area (Å²) in [5, 5.41) is 22.6. The fraction of sp³-hybridized carbons (Fsp3) is 0.818. The normalized spacial score (nSPS) is 17.0. The van der Waals surface area contributed by atoms with E-state index in [2.05, 4.69) is 10.6 Å². The molecule has 1 unspecified atom stereocenters. The van der Waals surface area contributed by atoms with Crippen molar-refractivity contribution in [2.24, 2.45) is 5.92 Å². The maximum absolute atomic E-state index is 11.2. The highest BCUT2D eigenvalue weighted by molar-refractivity contribution is 5.74. The van der Waals surface area contributed by atoms with Crippen LogP contribution in [-0.4, -0.2) is 41.4 Å². The molecule has 0 radical (unpaired) electrons. The molecular weight excluding hydrogens is 224 g/mol. The first-order valence-electron chi connectivity index (χ1n) is 6.02. The van der Waals surface area contributed by atoms with Crippen LogP contribution in [-0.2, 0) is 4.79 Å². The maximum Gasteiger partial charge on any atom is 0.332 e. The van der Waals surface area contributed by atoms with Gasteiger partial charge in [0.05, 0.1) is 0 Å². The number of hydrogen-bond acceptors (Lipinski definition) is 3. The van der Waals surface area contributed by atoms with Crippen LogP contribution in [0.25, 0.3) is 0 Å². The Bertz CT molecular complexity index is 266. The summed E-state index contributed by atoms with van der Waals surface area (Å²) in [6.07, 6.45) is 3.42. The van der Waals surface area contributed by atoms with Gasteiger partial charge in [-0.15, -0.1) is 0 Å². The number of nitrogens with one attached hydrogen (secondary N) is 2. The summed E-state index contributed by atoms with van der Waals surface area (Å²) >= 11 is 0. The molecule has 0 heterocycles. The fourth-order valence-electron chi connectivity index (χ4n) is 1.68. The lowest BCUT2D eigenvalue weighted by Gasteiger charge is -2.25. The van der Waals surface area contributed by atoms with E-state index in [-0.39, 0.29) is 19.0 Å². The molecule has 0 aromatic heterocycles. The molecule has 1 fully saturated rings. The van der Waals surface area contributed by atoms with Gasteiger partial charge in [-0.25, -0.2) is 9.59 Å². The molecule has 6 nitrogen and oxygen atoms in total. The topological polar surface area (TPSA) is 98.7 Å². The average molecular weight is 244 g/mol. The van der Waals surface area contributed by atoms with Gasteiger partial charge in [0, 0.05) is 19.5 Å². The standard InChI is InChI=1S/C11H20N2O4/c14-9(10(15)16)5-7-13-11(17)12-6-4-8-2-1-3-8/h8-9,14H,1-7H2,(H,15,16)(H2,12,13,17). The van der Waals surface area contributed by atoms with Gasteiger partial charge in [-0.2, -0.15) is 0 Å². The molecule has 0 spiro atoms. The molecule has 6 heteroatoms. The maximum atomic E-state index is 11.2. The molecule has 0 bridgehead atoms. The Balaban J connectivity index is 1.95. The van der Waals surface area contributed by atoms with E-state index in [4.69, 9.17) is 10.2 Å². The summed E-state index contributed by atoms with van der Waals surface area (Å²) < 4.78 is 0. The van der Waals surface area contributed by atoms with Crippen LogP contribution in [0.2, 0.25) is 0 Å². The number of rotatable bonds is 7. The second-order valence-corrected chi connectivity index (χ2v) is 4.41. The Morgan fingerprint density at radius 2 is 1.88 bits per heavy atom. The number of aliphatic hydroxyl groups excluding tert-OH is 1. The number of urea groups is 1. The van der Waals surface area contributed by atoms with Crippen molar-refractivity contribution in [1.29, 1.82) is 0 Å². The largest absolute Gasteiger partial charge is 0.479 e. The predicted molar refractivity (Wildman–Crippen MR) is 61.6 cm³/mol. The summed E-state index contributed by atoms with van der Waals surface area (Å²) in [5.74, 6) is -0.513. The van der Waals surface area contributed by atoms with Gasteiger partial charge in [-0.1, -0.05) is 19.3 Å². The van der Waals surface area contributed by atoms with E-state index in [1.54, 1.807) is 0 Å². The molecule has 1 aliphatic rings. The van der Waals surface area contributed by atoms with Crippen LogP contribution in [0.1, 0.15) is 32.1 Å². The SMILES string of the molecule is O=C(NCCC1CCC1)NCCC(O)C(=O)O. The first-order chi connectivity index (χ1) is 8.09. The van der Waals surface area contributed by atoms with E-state index < -0.39 is 12.1 Å². The van der Waals surface area contributed by atoms with Gasteiger partial charge in [0.15, 0.2) is 6.10 Å². The highest BCUT2D eigenvalue weighted by atomic mass is 16.4. The van der Waals surface area contributed by atoms with Gasteiger partial charge >= 0.3 is 12.0 Å². The summed E-state index contributed by atoms with van der Waals surface area (Å²) in [6.45, 7) is 0.806. The van der Waals surface area contributed by atoms with Gasteiger partial charge in [-0.05, 0) is 12.3 Å². The molecule has 98 valence electrons. The third-order valence-electron chi connectivity index (χ3n) is 3.05. The van der Waals surface area contributed by atoms with Crippen LogP contribution >= 0.6 is 0 Å².